The van der Waals surface area contributed by atoms with Crippen LogP contribution in [0.15, 0.2) is 62.3 Å². The SMILES string of the molecule is CCCOc1ccc(/C=N\NC(=O)CSc2nnc(SCc3ccc(C)cc3)s2)cc1. The number of ether oxygens (including phenoxy) is 1. The molecule has 0 saturated heterocycles. The number of carbonyl (C=O) groups is 1. The van der Waals surface area contributed by atoms with Crippen molar-refractivity contribution in [2.24, 2.45) is 5.10 Å². The molecule has 9 heteroatoms. The van der Waals surface area contributed by atoms with Crippen LogP contribution in [0.4, 0.5) is 0 Å². The Labute approximate surface area is 194 Å². The molecule has 0 radical (unpaired) electrons. The lowest BCUT2D eigenvalue weighted by molar-refractivity contribution is -0.118. The molecule has 2 aromatic carbocycles. The highest BCUT2D eigenvalue weighted by Crippen LogP contribution is 2.30. The number of nitrogens with one attached hydrogen (secondary N) is 1. The van der Waals surface area contributed by atoms with Crippen LogP contribution in [0, 0.1) is 6.92 Å². The molecule has 0 aliphatic heterocycles. The van der Waals surface area contributed by atoms with Crippen LogP contribution in [0.1, 0.15) is 30.0 Å². The molecular weight excluding hydrogens is 448 g/mol. The molecular formula is C22H24N4O2S3. The average molecular weight is 473 g/mol. The van der Waals surface area contributed by atoms with Crippen molar-refractivity contribution in [2.75, 3.05) is 12.4 Å². The van der Waals surface area contributed by atoms with Crippen LogP contribution >= 0.6 is 34.9 Å². The minimum atomic E-state index is -0.187. The van der Waals surface area contributed by atoms with E-state index in [0.717, 1.165) is 32.2 Å². The minimum absolute atomic E-state index is 0.187. The molecule has 1 heterocycles. The topological polar surface area (TPSA) is 76.5 Å². The van der Waals surface area contributed by atoms with Crippen molar-refractivity contribution >= 4 is 47.0 Å². The van der Waals surface area contributed by atoms with Crippen LogP contribution in [0.5, 0.6) is 5.75 Å². The van der Waals surface area contributed by atoms with Crippen molar-refractivity contribution in [2.45, 2.75) is 34.7 Å². The molecule has 1 aromatic heterocycles. The lowest BCUT2D eigenvalue weighted by Gasteiger charge is -2.03. The number of thioether (sulfide) groups is 2. The van der Waals surface area contributed by atoms with Gasteiger partial charge in [0.15, 0.2) is 8.68 Å². The van der Waals surface area contributed by atoms with Crippen molar-refractivity contribution < 1.29 is 9.53 Å². The van der Waals surface area contributed by atoms with Crippen molar-refractivity contribution in [3.05, 3.63) is 65.2 Å². The predicted molar refractivity (Wildman–Crippen MR) is 129 cm³/mol. The molecule has 6 nitrogen and oxygen atoms in total. The highest BCUT2D eigenvalue weighted by Gasteiger charge is 2.08. The summed E-state index contributed by atoms with van der Waals surface area (Å²) in [7, 11) is 0. The Kier molecular flexibility index (Phi) is 9.39. The van der Waals surface area contributed by atoms with E-state index in [0.29, 0.717) is 6.61 Å². The van der Waals surface area contributed by atoms with Crippen LogP contribution in [0.2, 0.25) is 0 Å². The van der Waals surface area contributed by atoms with Gasteiger partial charge in [-0.1, -0.05) is 71.6 Å². The van der Waals surface area contributed by atoms with Gasteiger partial charge in [-0.2, -0.15) is 5.10 Å². The van der Waals surface area contributed by atoms with Gasteiger partial charge in [-0.3, -0.25) is 4.79 Å². The lowest BCUT2D eigenvalue weighted by atomic mass is 10.2. The van der Waals surface area contributed by atoms with Gasteiger partial charge in [-0.25, -0.2) is 5.43 Å². The fraction of sp³-hybridized carbons (Fsp3) is 0.273. The first-order valence-corrected chi connectivity index (χ1v) is 12.6. The number of nitrogens with zero attached hydrogens (tertiary/aromatic N) is 3. The van der Waals surface area contributed by atoms with Crippen LogP contribution in [0.3, 0.4) is 0 Å². The number of rotatable bonds is 11. The number of carbonyl (C=O) groups excluding carboxylic acids is 1. The van der Waals surface area contributed by atoms with Gasteiger partial charge >= 0.3 is 0 Å². The number of hydrazone groups is 1. The van der Waals surface area contributed by atoms with Gasteiger partial charge in [-0.15, -0.1) is 10.2 Å². The maximum absolute atomic E-state index is 12.0. The van der Waals surface area contributed by atoms with Crippen molar-refractivity contribution in [3.63, 3.8) is 0 Å². The summed E-state index contributed by atoms with van der Waals surface area (Å²) in [4.78, 5) is 12.0. The first-order chi connectivity index (χ1) is 15.1. The molecule has 162 valence electrons. The summed E-state index contributed by atoms with van der Waals surface area (Å²) < 4.78 is 7.21. The molecule has 0 spiro atoms. The van der Waals surface area contributed by atoms with Gasteiger partial charge in [0, 0.05) is 5.75 Å². The van der Waals surface area contributed by atoms with E-state index in [1.54, 1.807) is 18.0 Å². The number of hydrogen-bond acceptors (Lipinski definition) is 8. The quantitative estimate of drug-likeness (QED) is 0.236. The lowest BCUT2D eigenvalue weighted by Crippen LogP contribution is -2.19. The zero-order valence-corrected chi connectivity index (χ0v) is 19.9. The highest BCUT2D eigenvalue weighted by molar-refractivity contribution is 8.03. The van der Waals surface area contributed by atoms with Crippen LogP contribution in [-0.4, -0.2) is 34.7 Å². The summed E-state index contributed by atoms with van der Waals surface area (Å²) in [6.45, 7) is 4.84. The molecule has 0 bridgehead atoms. The molecule has 0 aliphatic carbocycles. The van der Waals surface area contributed by atoms with Crippen LogP contribution < -0.4 is 10.2 Å². The van der Waals surface area contributed by atoms with Crippen molar-refractivity contribution in [1.29, 1.82) is 0 Å². The van der Waals surface area contributed by atoms with Gasteiger partial charge in [0.2, 0.25) is 0 Å². The number of hydrogen-bond donors (Lipinski definition) is 1. The number of aryl methyl sites for hydroxylation is 1. The molecule has 0 unspecified atom stereocenters. The Bertz CT molecular complexity index is 989. The molecule has 0 aliphatic rings. The third-order valence-corrected chi connectivity index (χ3v) is 7.21. The van der Waals surface area contributed by atoms with Crippen LogP contribution in [0.25, 0.3) is 0 Å². The molecule has 1 amide bonds. The van der Waals surface area contributed by atoms with Crippen molar-refractivity contribution in [3.8, 4) is 5.75 Å². The van der Waals surface area contributed by atoms with E-state index in [1.807, 2.05) is 24.3 Å². The fourth-order valence-corrected chi connectivity index (χ4v) is 5.12. The molecule has 1 N–H and O–H groups in total. The van der Waals surface area contributed by atoms with E-state index in [2.05, 4.69) is 58.8 Å². The molecule has 0 fully saturated rings. The maximum atomic E-state index is 12.0. The molecule has 0 saturated carbocycles. The number of amides is 1. The van der Waals surface area contributed by atoms with E-state index >= 15 is 0 Å². The third-order valence-electron chi connectivity index (χ3n) is 3.95. The Hall–Kier alpha value is -2.36. The Morgan fingerprint density at radius 1 is 1.10 bits per heavy atom. The molecule has 3 aromatic rings. The second kappa shape index (κ2) is 12.5. The number of benzene rings is 2. The standard InChI is InChI=1S/C22H24N4O2S3/c1-3-12-28-19-10-8-17(9-11-19)13-23-24-20(27)15-30-22-26-25-21(31-22)29-14-18-6-4-16(2)5-7-18/h4-11,13H,3,12,14-15H2,1-2H3,(H,24,27)/b23-13-. The van der Waals surface area contributed by atoms with Gasteiger partial charge in [0.25, 0.3) is 5.91 Å². The fourth-order valence-electron chi connectivity index (χ4n) is 2.35. The van der Waals surface area contributed by atoms with Gasteiger partial charge < -0.3 is 4.74 Å². The minimum Gasteiger partial charge on any atom is -0.494 e. The molecule has 3 rings (SSSR count). The Morgan fingerprint density at radius 3 is 2.52 bits per heavy atom. The zero-order valence-electron chi connectivity index (χ0n) is 17.4. The summed E-state index contributed by atoms with van der Waals surface area (Å²) in [6.07, 6.45) is 2.58. The normalized spacial score (nSPS) is 11.0. The van der Waals surface area contributed by atoms with E-state index in [4.69, 9.17) is 4.74 Å². The second-order valence-corrected chi connectivity index (χ2v) is 10.0. The summed E-state index contributed by atoms with van der Waals surface area (Å²) in [5, 5.41) is 12.4. The Balaban J connectivity index is 1.37. The summed E-state index contributed by atoms with van der Waals surface area (Å²) in [6, 6.07) is 16.0. The van der Waals surface area contributed by atoms with E-state index in [-0.39, 0.29) is 11.7 Å². The largest absolute Gasteiger partial charge is 0.494 e. The monoisotopic (exact) mass is 472 g/mol. The van der Waals surface area contributed by atoms with Crippen LogP contribution in [-0.2, 0) is 10.5 Å². The zero-order chi connectivity index (χ0) is 21.9. The first-order valence-electron chi connectivity index (χ1n) is 9.82. The summed E-state index contributed by atoms with van der Waals surface area (Å²) in [5.74, 6) is 1.72. The summed E-state index contributed by atoms with van der Waals surface area (Å²) >= 11 is 4.51. The van der Waals surface area contributed by atoms with E-state index in [1.165, 1.54) is 34.2 Å². The second-order valence-electron chi connectivity index (χ2n) is 6.61. The van der Waals surface area contributed by atoms with Gasteiger partial charge in [0.1, 0.15) is 5.75 Å². The highest BCUT2D eigenvalue weighted by atomic mass is 32.2. The Morgan fingerprint density at radius 2 is 1.81 bits per heavy atom. The smallest absolute Gasteiger partial charge is 0.250 e. The molecule has 0 atom stereocenters. The molecule has 31 heavy (non-hydrogen) atoms. The van der Waals surface area contributed by atoms with E-state index in [9.17, 15) is 4.79 Å². The maximum Gasteiger partial charge on any atom is 0.250 e. The van der Waals surface area contributed by atoms with Gasteiger partial charge in [-0.05, 0) is 48.7 Å². The summed E-state index contributed by atoms with van der Waals surface area (Å²) in [5.41, 5.74) is 5.92. The van der Waals surface area contributed by atoms with E-state index < -0.39 is 0 Å². The third kappa shape index (κ3) is 8.35. The average Bonchev–Trinajstić information content (AvgIpc) is 3.25. The predicted octanol–water partition coefficient (Wildman–Crippen LogP) is 5.17. The van der Waals surface area contributed by atoms with Gasteiger partial charge in [0.05, 0.1) is 18.6 Å². The first kappa shape index (κ1) is 23.3. The van der Waals surface area contributed by atoms with Crippen molar-refractivity contribution in [1.82, 2.24) is 15.6 Å². The number of aromatic nitrogens is 2.